The van der Waals surface area contributed by atoms with Crippen LogP contribution in [0.1, 0.15) is 5.56 Å². The maximum Gasteiger partial charge on any atom is 0.261 e. The summed E-state index contributed by atoms with van der Waals surface area (Å²) in [4.78, 5) is 13.0. The molecular weight excluding hydrogens is 460 g/mol. The van der Waals surface area contributed by atoms with E-state index in [1.54, 1.807) is 54.7 Å². The molecule has 0 spiro atoms. The van der Waals surface area contributed by atoms with Gasteiger partial charge in [0.1, 0.15) is 23.8 Å². The monoisotopic (exact) mass is 482 g/mol. The lowest BCUT2D eigenvalue weighted by Crippen LogP contribution is -2.12. The second kappa shape index (κ2) is 9.40. The number of aromatic nitrogens is 3. The van der Waals surface area contributed by atoms with Gasteiger partial charge in [-0.25, -0.2) is 23.4 Å². The van der Waals surface area contributed by atoms with Crippen LogP contribution in [0.3, 0.4) is 0 Å². The Morgan fingerprint density at radius 3 is 2.11 bits per heavy atom. The lowest BCUT2D eigenvalue weighted by Gasteiger charge is -2.11. The number of rotatable bonds is 7. The van der Waals surface area contributed by atoms with Gasteiger partial charge in [-0.05, 0) is 71.8 Å². The smallest absolute Gasteiger partial charge is 0.261 e. The Balaban J connectivity index is 1.27. The Morgan fingerprint density at radius 2 is 1.34 bits per heavy atom. The quantitative estimate of drug-likeness (QED) is 0.276. The van der Waals surface area contributed by atoms with Gasteiger partial charge in [0, 0.05) is 23.6 Å². The molecule has 0 fully saturated rings. The van der Waals surface area contributed by atoms with Crippen LogP contribution >= 0.6 is 0 Å². The van der Waals surface area contributed by atoms with Crippen molar-refractivity contribution in [2.75, 3.05) is 15.4 Å². The van der Waals surface area contributed by atoms with E-state index in [1.807, 2.05) is 43.3 Å². The Morgan fingerprint density at radius 1 is 0.657 bits per heavy atom. The van der Waals surface area contributed by atoms with E-state index in [0.717, 1.165) is 22.0 Å². The number of sulfonamides is 1. The number of nitrogens with one attached hydrogen (secondary N) is 3. The number of nitrogens with zero attached hydrogens (tertiary/aromatic N) is 3. The molecule has 0 atom stereocenters. The summed E-state index contributed by atoms with van der Waals surface area (Å²) in [5, 5.41) is 8.20. The predicted molar refractivity (Wildman–Crippen MR) is 139 cm³/mol. The normalized spacial score (nSPS) is 11.2. The van der Waals surface area contributed by atoms with E-state index < -0.39 is 10.0 Å². The predicted octanol–water partition coefficient (Wildman–Crippen LogP) is 5.62. The van der Waals surface area contributed by atoms with Crippen molar-refractivity contribution in [3.05, 3.63) is 103 Å². The van der Waals surface area contributed by atoms with Crippen LogP contribution in [0.2, 0.25) is 0 Å². The molecule has 9 heteroatoms. The minimum atomic E-state index is -3.72. The molecule has 0 bridgehead atoms. The molecule has 174 valence electrons. The average Bonchev–Trinajstić information content (AvgIpc) is 2.85. The van der Waals surface area contributed by atoms with Gasteiger partial charge in [-0.15, -0.1) is 0 Å². The zero-order valence-corrected chi connectivity index (χ0v) is 19.6. The number of fused-ring (bicyclic) bond motifs is 1. The highest BCUT2D eigenvalue weighted by molar-refractivity contribution is 7.92. The Hall–Kier alpha value is -4.50. The summed E-state index contributed by atoms with van der Waals surface area (Å²) in [7, 11) is -3.72. The van der Waals surface area contributed by atoms with Crippen molar-refractivity contribution < 1.29 is 8.42 Å². The van der Waals surface area contributed by atoms with Gasteiger partial charge >= 0.3 is 0 Å². The third-order valence-corrected chi connectivity index (χ3v) is 6.66. The molecular formula is C26H22N6O2S. The number of anilines is 5. The largest absolute Gasteiger partial charge is 0.340 e. The molecule has 0 saturated heterocycles. The maximum atomic E-state index is 12.9. The zero-order valence-electron chi connectivity index (χ0n) is 18.8. The molecule has 3 N–H and O–H groups in total. The molecule has 0 aliphatic heterocycles. The fourth-order valence-electron chi connectivity index (χ4n) is 3.55. The first-order valence-electron chi connectivity index (χ1n) is 10.9. The summed E-state index contributed by atoms with van der Waals surface area (Å²) >= 11 is 0. The van der Waals surface area contributed by atoms with Gasteiger partial charge < -0.3 is 10.6 Å². The Kier molecular flexibility index (Phi) is 5.99. The van der Waals surface area contributed by atoms with Crippen LogP contribution in [-0.2, 0) is 10.0 Å². The molecule has 3 aromatic carbocycles. The summed E-state index contributed by atoms with van der Waals surface area (Å²) in [6.07, 6.45) is 3.18. The van der Waals surface area contributed by atoms with Gasteiger partial charge in [-0.2, -0.15) is 0 Å². The van der Waals surface area contributed by atoms with Crippen molar-refractivity contribution in [2.45, 2.75) is 11.8 Å². The van der Waals surface area contributed by atoms with Crippen LogP contribution in [0.5, 0.6) is 0 Å². The third-order valence-electron chi connectivity index (χ3n) is 5.28. The lowest BCUT2D eigenvalue weighted by molar-refractivity contribution is 0.601. The van der Waals surface area contributed by atoms with Crippen molar-refractivity contribution in [3.63, 3.8) is 0 Å². The first-order chi connectivity index (χ1) is 16.9. The molecule has 2 aromatic heterocycles. The van der Waals surface area contributed by atoms with E-state index in [-0.39, 0.29) is 4.90 Å². The van der Waals surface area contributed by atoms with Crippen LogP contribution in [0, 0.1) is 6.92 Å². The van der Waals surface area contributed by atoms with Crippen LogP contribution in [0.4, 0.5) is 28.8 Å². The minimum absolute atomic E-state index is 0.211. The van der Waals surface area contributed by atoms with E-state index in [0.29, 0.717) is 23.1 Å². The highest BCUT2D eigenvalue weighted by Gasteiger charge is 2.14. The number of hydrogen-bond donors (Lipinski definition) is 3. The van der Waals surface area contributed by atoms with E-state index in [9.17, 15) is 8.42 Å². The van der Waals surface area contributed by atoms with E-state index >= 15 is 0 Å². The summed E-state index contributed by atoms with van der Waals surface area (Å²) in [5.74, 6) is 1.87. The van der Waals surface area contributed by atoms with Crippen molar-refractivity contribution in [3.8, 4) is 0 Å². The second-order valence-corrected chi connectivity index (χ2v) is 9.63. The molecule has 5 rings (SSSR count). The highest BCUT2D eigenvalue weighted by Crippen LogP contribution is 2.24. The van der Waals surface area contributed by atoms with Gasteiger partial charge in [-0.1, -0.05) is 30.3 Å². The zero-order chi connectivity index (χ0) is 24.3. The molecule has 2 heterocycles. The van der Waals surface area contributed by atoms with Crippen molar-refractivity contribution in [1.29, 1.82) is 0 Å². The molecule has 0 aliphatic carbocycles. The SMILES string of the molecule is Cc1ccnc(Nc2cc(Nc3ccc(NS(=O)(=O)c4ccc5ccccc5c4)cc3)ncn2)c1. The van der Waals surface area contributed by atoms with Crippen molar-refractivity contribution >= 4 is 49.6 Å². The Bertz CT molecular complexity index is 1600. The standard InChI is InChI=1S/C26H22N6O2S/c1-18-12-13-27-24(14-18)31-26-16-25(28-17-29-26)30-21-7-9-22(10-8-21)32-35(33,34)23-11-6-19-4-2-3-5-20(19)15-23/h2-17,32H,1H3,(H2,27,28,29,30,31). The summed E-state index contributed by atoms with van der Waals surface area (Å²) in [5.41, 5.74) is 2.29. The van der Waals surface area contributed by atoms with Gasteiger partial charge in [-0.3, -0.25) is 4.72 Å². The molecule has 35 heavy (non-hydrogen) atoms. The molecule has 0 unspecified atom stereocenters. The molecule has 0 saturated carbocycles. The molecule has 0 radical (unpaired) electrons. The summed E-state index contributed by atoms with van der Waals surface area (Å²) < 4.78 is 28.4. The van der Waals surface area contributed by atoms with Crippen LogP contribution in [-0.4, -0.2) is 23.4 Å². The van der Waals surface area contributed by atoms with E-state index in [2.05, 4.69) is 30.3 Å². The average molecular weight is 483 g/mol. The summed E-state index contributed by atoms with van der Waals surface area (Å²) in [6.45, 7) is 1.99. The number of benzene rings is 3. The minimum Gasteiger partial charge on any atom is -0.340 e. The van der Waals surface area contributed by atoms with Crippen LogP contribution < -0.4 is 15.4 Å². The number of hydrogen-bond acceptors (Lipinski definition) is 7. The molecule has 8 nitrogen and oxygen atoms in total. The van der Waals surface area contributed by atoms with Crippen molar-refractivity contribution in [2.24, 2.45) is 0 Å². The topological polar surface area (TPSA) is 109 Å². The fraction of sp³-hybridized carbons (Fsp3) is 0.0385. The second-order valence-electron chi connectivity index (χ2n) is 7.95. The maximum absolute atomic E-state index is 12.9. The van der Waals surface area contributed by atoms with Gasteiger partial charge in [0.15, 0.2) is 0 Å². The molecule has 0 aliphatic rings. The van der Waals surface area contributed by atoms with Crippen LogP contribution in [0.25, 0.3) is 10.8 Å². The number of aryl methyl sites for hydroxylation is 1. The van der Waals surface area contributed by atoms with Crippen LogP contribution in [0.15, 0.2) is 102 Å². The number of pyridine rings is 1. The highest BCUT2D eigenvalue weighted by atomic mass is 32.2. The van der Waals surface area contributed by atoms with Gasteiger partial charge in [0.05, 0.1) is 4.90 Å². The van der Waals surface area contributed by atoms with Crippen molar-refractivity contribution in [1.82, 2.24) is 15.0 Å². The molecule has 5 aromatic rings. The van der Waals surface area contributed by atoms with Gasteiger partial charge in [0.2, 0.25) is 0 Å². The van der Waals surface area contributed by atoms with Gasteiger partial charge in [0.25, 0.3) is 10.0 Å². The third kappa shape index (κ3) is 5.36. The lowest BCUT2D eigenvalue weighted by atomic mass is 10.1. The van der Waals surface area contributed by atoms with E-state index in [1.165, 1.54) is 6.33 Å². The fourth-order valence-corrected chi connectivity index (χ4v) is 4.64. The van der Waals surface area contributed by atoms with E-state index in [4.69, 9.17) is 0 Å². The first-order valence-corrected chi connectivity index (χ1v) is 12.3. The Labute approximate surface area is 203 Å². The summed E-state index contributed by atoms with van der Waals surface area (Å²) in [6, 6.07) is 25.3. The molecule has 0 amide bonds. The first kappa shape index (κ1) is 22.3.